The zero-order chi connectivity index (χ0) is 28.3. The molecule has 6 aromatic carbocycles. The molecule has 41 heavy (non-hydrogen) atoms. The van der Waals surface area contributed by atoms with E-state index in [4.69, 9.17) is 0 Å². The highest BCUT2D eigenvalue weighted by Crippen LogP contribution is 2.47. The molecule has 0 saturated carbocycles. The lowest BCUT2D eigenvalue weighted by Gasteiger charge is -2.34. The molecule has 2 heteroatoms. The van der Waals surface area contributed by atoms with Crippen molar-refractivity contribution in [1.82, 2.24) is 5.32 Å². The zero-order valence-corrected chi connectivity index (χ0v) is 24.2. The molecule has 0 aliphatic carbocycles. The molecule has 0 fully saturated rings. The molecule has 1 aliphatic heterocycles. The first-order valence-corrected chi connectivity index (χ1v) is 14.5. The van der Waals surface area contributed by atoms with Crippen LogP contribution in [0.4, 0.5) is 0 Å². The Labute approximate surface area is 242 Å². The molecule has 0 spiro atoms. The van der Waals surface area contributed by atoms with Crippen molar-refractivity contribution >= 4 is 21.5 Å². The Balaban J connectivity index is 1.67. The van der Waals surface area contributed by atoms with E-state index < -0.39 is 5.60 Å². The maximum atomic E-state index is 13.4. The normalized spacial score (nSPS) is 13.2. The monoisotopic (exact) mass is 533 g/mol. The topological polar surface area (TPSA) is 32.3 Å². The first-order valence-electron chi connectivity index (χ1n) is 14.5. The van der Waals surface area contributed by atoms with Crippen molar-refractivity contribution < 1.29 is 5.11 Å². The van der Waals surface area contributed by atoms with Crippen molar-refractivity contribution in [2.75, 3.05) is 0 Å². The summed E-state index contributed by atoms with van der Waals surface area (Å²) >= 11 is 0. The first kappa shape index (κ1) is 25.7. The first-order chi connectivity index (χ1) is 19.8. The van der Waals surface area contributed by atoms with E-state index in [2.05, 4.69) is 136 Å². The molecular formula is C39H35NO. The summed E-state index contributed by atoms with van der Waals surface area (Å²) in [4.78, 5) is 0. The standard InChI is InChI=1S/C39H35NO/c1-24-15-25(2)18-31(17-24)39(41,32-19-26(3)16-27(4)20-32)36-21-29-10-6-8-12-34(29)38-35(36)23-40-22-30-14-13-28-9-5-7-11-33(28)37(30)38/h5-21,40-41H,22-23H2,1-4H3. The minimum Gasteiger partial charge on any atom is -0.376 e. The van der Waals surface area contributed by atoms with Crippen molar-refractivity contribution in [3.8, 4) is 11.1 Å². The third-order valence-corrected chi connectivity index (χ3v) is 8.71. The SMILES string of the molecule is Cc1cc(C)cc(C(O)(c2cc(C)cc(C)c2)c2cc3ccccc3c3c2CNCc2ccc4ccccc4c2-3)c1. The smallest absolute Gasteiger partial charge is 0.140 e. The minimum absolute atomic E-state index is 0.663. The Morgan fingerprint density at radius 3 is 1.71 bits per heavy atom. The van der Waals surface area contributed by atoms with Gasteiger partial charge in [0.25, 0.3) is 0 Å². The number of aliphatic hydroxyl groups is 1. The predicted molar refractivity (Wildman–Crippen MR) is 171 cm³/mol. The van der Waals surface area contributed by atoms with Crippen LogP contribution in [0.15, 0.2) is 103 Å². The highest BCUT2D eigenvalue weighted by Gasteiger charge is 2.38. The largest absolute Gasteiger partial charge is 0.376 e. The van der Waals surface area contributed by atoms with E-state index in [0.29, 0.717) is 6.54 Å². The number of aryl methyl sites for hydroxylation is 4. The molecule has 1 heterocycles. The van der Waals surface area contributed by atoms with Crippen LogP contribution >= 0.6 is 0 Å². The average Bonchev–Trinajstić information content (AvgIpc) is 3.15. The summed E-state index contributed by atoms with van der Waals surface area (Å²) in [7, 11) is 0. The van der Waals surface area contributed by atoms with Gasteiger partial charge in [0.2, 0.25) is 0 Å². The van der Waals surface area contributed by atoms with Crippen LogP contribution in [-0.2, 0) is 18.7 Å². The lowest BCUT2D eigenvalue weighted by atomic mass is 9.74. The molecular weight excluding hydrogens is 498 g/mol. The number of rotatable bonds is 3. The minimum atomic E-state index is -1.35. The van der Waals surface area contributed by atoms with E-state index in [0.717, 1.165) is 56.4 Å². The number of fused-ring (bicyclic) bond motifs is 7. The molecule has 2 nitrogen and oxygen atoms in total. The van der Waals surface area contributed by atoms with Gasteiger partial charge in [0.05, 0.1) is 0 Å². The van der Waals surface area contributed by atoms with Crippen molar-refractivity contribution in [3.05, 3.63) is 153 Å². The molecule has 0 saturated heterocycles. The molecule has 1 aliphatic rings. The predicted octanol–water partition coefficient (Wildman–Crippen LogP) is 8.78. The maximum Gasteiger partial charge on any atom is 0.140 e. The number of benzene rings is 6. The summed E-state index contributed by atoms with van der Waals surface area (Å²) in [6, 6.07) is 37.0. The van der Waals surface area contributed by atoms with Gasteiger partial charge in [-0.25, -0.2) is 0 Å². The zero-order valence-electron chi connectivity index (χ0n) is 24.2. The van der Waals surface area contributed by atoms with Crippen molar-refractivity contribution in [1.29, 1.82) is 0 Å². The van der Waals surface area contributed by atoms with Gasteiger partial charge >= 0.3 is 0 Å². The summed E-state index contributed by atoms with van der Waals surface area (Å²) in [5.74, 6) is 0. The Bertz CT molecular complexity index is 1890. The van der Waals surface area contributed by atoms with E-state index in [9.17, 15) is 5.11 Å². The lowest BCUT2D eigenvalue weighted by molar-refractivity contribution is 0.124. The highest BCUT2D eigenvalue weighted by atomic mass is 16.3. The van der Waals surface area contributed by atoms with Crippen molar-refractivity contribution in [2.24, 2.45) is 0 Å². The summed E-state index contributed by atoms with van der Waals surface area (Å²) in [5, 5.41) is 21.9. The van der Waals surface area contributed by atoms with Crippen LogP contribution in [0.5, 0.6) is 0 Å². The van der Waals surface area contributed by atoms with Crippen molar-refractivity contribution in [3.63, 3.8) is 0 Å². The Morgan fingerprint density at radius 2 is 1.10 bits per heavy atom. The average molecular weight is 534 g/mol. The van der Waals surface area contributed by atoms with Gasteiger partial charge in [0, 0.05) is 13.1 Å². The molecule has 0 bridgehead atoms. The molecule has 0 atom stereocenters. The molecule has 7 rings (SSSR count). The van der Waals surface area contributed by atoms with E-state index in [1.807, 2.05) is 0 Å². The maximum absolute atomic E-state index is 13.4. The fourth-order valence-electron chi connectivity index (χ4n) is 7.11. The molecule has 6 aromatic rings. The third-order valence-electron chi connectivity index (χ3n) is 8.71. The quantitative estimate of drug-likeness (QED) is 0.223. The molecule has 0 unspecified atom stereocenters. The van der Waals surface area contributed by atoms with E-state index in [1.54, 1.807) is 0 Å². The van der Waals surface area contributed by atoms with Gasteiger partial charge in [-0.3, -0.25) is 0 Å². The van der Waals surface area contributed by atoms with Gasteiger partial charge < -0.3 is 10.4 Å². The second kappa shape index (κ2) is 9.69. The summed E-state index contributed by atoms with van der Waals surface area (Å²) in [6.07, 6.45) is 0. The molecule has 0 amide bonds. The summed E-state index contributed by atoms with van der Waals surface area (Å²) < 4.78 is 0. The number of hydrogen-bond donors (Lipinski definition) is 2. The van der Waals surface area contributed by atoms with Crippen LogP contribution in [-0.4, -0.2) is 5.11 Å². The van der Waals surface area contributed by atoms with Gasteiger partial charge in [0.15, 0.2) is 0 Å². The van der Waals surface area contributed by atoms with E-state index >= 15 is 0 Å². The third kappa shape index (κ3) is 4.18. The van der Waals surface area contributed by atoms with Crippen LogP contribution in [0.2, 0.25) is 0 Å². The van der Waals surface area contributed by atoms with Gasteiger partial charge in [-0.2, -0.15) is 0 Å². The molecule has 2 N–H and O–H groups in total. The summed E-state index contributed by atoms with van der Waals surface area (Å²) in [6.45, 7) is 9.89. The van der Waals surface area contributed by atoms with Gasteiger partial charge in [-0.15, -0.1) is 0 Å². The second-order valence-corrected chi connectivity index (χ2v) is 11.9. The van der Waals surface area contributed by atoms with Crippen LogP contribution in [0.1, 0.15) is 50.1 Å². The Kier molecular flexibility index (Phi) is 6.08. The van der Waals surface area contributed by atoms with Crippen LogP contribution < -0.4 is 5.32 Å². The highest BCUT2D eigenvalue weighted by molar-refractivity contribution is 6.08. The van der Waals surface area contributed by atoms with Crippen LogP contribution in [0.3, 0.4) is 0 Å². The summed E-state index contributed by atoms with van der Waals surface area (Å²) in [5.41, 5.74) is 10.9. The van der Waals surface area contributed by atoms with Gasteiger partial charge in [-0.05, 0) is 94.3 Å². The van der Waals surface area contributed by atoms with Crippen LogP contribution in [0, 0.1) is 27.7 Å². The van der Waals surface area contributed by atoms with E-state index in [-0.39, 0.29) is 0 Å². The number of nitrogens with one attached hydrogen (secondary N) is 1. The van der Waals surface area contributed by atoms with E-state index in [1.165, 1.54) is 32.8 Å². The number of hydrogen-bond acceptors (Lipinski definition) is 2. The second-order valence-electron chi connectivity index (χ2n) is 11.9. The molecule has 0 aromatic heterocycles. The molecule has 202 valence electrons. The lowest BCUT2D eigenvalue weighted by Crippen LogP contribution is -2.32. The van der Waals surface area contributed by atoms with Crippen molar-refractivity contribution in [2.45, 2.75) is 46.4 Å². The van der Waals surface area contributed by atoms with Crippen LogP contribution in [0.25, 0.3) is 32.7 Å². The Morgan fingerprint density at radius 1 is 0.561 bits per heavy atom. The van der Waals surface area contributed by atoms with Gasteiger partial charge in [0.1, 0.15) is 5.60 Å². The van der Waals surface area contributed by atoms with Gasteiger partial charge in [-0.1, -0.05) is 119 Å². The molecule has 0 radical (unpaired) electrons. The fourth-order valence-corrected chi connectivity index (χ4v) is 7.11. The fraction of sp³-hybridized carbons (Fsp3) is 0.179. The Hall–Kier alpha value is -4.24.